The molecule has 1 aromatic carbocycles. The van der Waals surface area contributed by atoms with E-state index in [0.29, 0.717) is 16.1 Å². The number of amides is 1. The van der Waals surface area contributed by atoms with Crippen LogP contribution in [0.4, 0.5) is 11.8 Å². The van der Waals surface area contributed by atoms with Crippen LogP contribution in [0.15, 0.2) is 46.8 Å². The maximum absolute atomic E-state index is 11.9. The van der Waals surface area contributed by atoms with Crippen LogP contribution in [0.25, 0.3) is 0 Å². The number of carbonyl (C=O) groups is 1. The average molecular weight is 510 g/mol. The first-order valence-corrected chi connectivity index (χ1v) is 12.6. The largest absolute Gasteiger partial charge is 0.479 e. The first-order valence-electron chi connectivity index (χ1n) is 11.8. The molecule has 1 amide bonds. The van der Waals surface area contributed by atoms with Gasteiger partial charge in [0.05, 0.1) is 18.8 Å². The number of benzene rings is 1. The Balaban J connectivity index is 1.63. The number of carbonyl (C=O) groups excluding carboxylic acids is 1. The number of ether oxygens (including phenoxy) is 1. The molecular weight excluding hydrogens is 478 g/mol. The van der Waals surface area contributed by atoms with E-state index in [1.807, 2.05) is 18.2 Å². The Morgan fingerprint density at radius 3 is 2.56 bits per heavy atom. The van der Waals surface area contributed by atoms with Crippen LogP contribution in [0.3, 0.4) is 0 Å². The van der Waals surface area contributed by atoms with Crippen molar-refractivity contribution in [2.45, 2.75) is 36.0 Å². The number of likely N-dealkylation sites (N-methyl/N-ethyl adjacent to an activating group) is 1. The molecule has 36 heavy (non-hydrogen) atoms. The summed E-state index contributed by atoms with van der Waals surface area (Å²) in [6.07, 6.45) is 2.90. The zero-order valence-electron chi connectivity index (χ0n) is 20.7. The second kappa shape index (κ2) is 12.1. The van der Waals surface area contributed by atoms with Crippen molar-refractivity contribution in [1.29, 1.82) is 0 Å². The molecule has 0 spiro atoms. The van der Waals surface area contributed by atoms with Crippen LogP contribution in [-0.4, -0.2) is 82.1 Å². The summed E-state index contributed by atoms with van der Waals surface area (Å²) >= 11 is 1.21. The van der Waals surface area contributed by atoms with Gasteiger partial charge in [-0.1, -0.05) is 30.3 Å². The van der Waals surface area contributed by atoms with Gasteiger partial charge in [0.25, 0.3) is 0 Å². The van der Waals surface area contributed by atoms with Crippen LogP contribution < -0.4 is 20.7 Å². The molecule has 1 fully saturated rings. The minimum atomic E-state index is -0.682. The lowest BCUT2D eigenvalue weighted by Gasteiger charge is -2.34. The summed E-state index contributed by atoms with van der Waals surface area (Å²) in [5.41, 5.74) is 7.76. The molecule has 0 radical (unpaired) electrons. The number of aryl methyl sites for hydroxylation is 2. The van der Waals surface area contributed by atoms with Crippen LogP contribution in [-0.2, 0) is 17.6 Å². The fraction of sp³-hybridized carbons (Fsp3) is 0.417. The van der Waals surface area contributed by atoms with E-state index < -0.39 is 6.04 Å². The van der Waals surface area contributed by atoms with Crippen molar-refractivity contribution >= 4 is 29.4 Å². The van der Waals surface area contributed by atoms with Crippen LogP contribution >= 0.6 is 11.8 Å². The smallest absolute Gasteiger partial charge is 0.249 e. The Bertz CT molecular complexity index is 1170. The third-order valence-corrected chi connectivity index (χ3v) is 6.60. The summed E-state index contributed by atoms with van der Waals surface area (Å²) < 4.78 is 5.63. The second-order valence-corrected chi connectivity index (χ2v) is 9.51. The van der Waals surface area contributed by atoms with E-state index in [2.05, 4.69) is 49.2 Å². The molecular formula is C24H31N9O2S. The van der Waals surface area contributed by atoms with Gasteiger partial charge in [-0.25, -0.2) is 15.0 Å². The molecule has 3 N–H and O–H groups in total. The minimum Gasteiger partial charge on any atom is -0.479 e. The standard InChI is InChI=1S/C24H31N9O2S/c1-16(25)20(34)30-23-26-15-27-24(31-23)36-22-21(35-3)29-19(33-13-11-32(2)12-14-33)18(28-22)10-9-17-7-5-4-6-8-17/h4-8,15-16H,9-14,25H2,1-3H3,(H,26,27,30,31,34). The monoisotopic (exact) mass is 509 g/mol. The predicted molar refractivity (Wildman–Crippen MR) is 138 cm³/mol. The lowest BCUT2D eigenvalue weighted by Crippen LogP contribution is -2.45. The van der Waals surface area contributed by atoms with Gasteiger partial charge in [-0.05, 0) is 44.1 Å². The normalized spacial score (nSPS) is 14.9. The molecule has 1 aliphatic rings. The van der Waals surface area contributed by atoms with E-state index in [-0.39, 0.29) is 11.9 Å². The number of nitrogens with two attached hydrogens (primary N) is 1. The zero-order valence-corrected chi connectivity index (χ0v) is 21.5. The van der Waals surface area contributed by atoms with Crippen molar-refractivity contribution in [2.24, 2.45) is 5.73 Å². The number of anilines is 2. The lowest BCUT2D eigenvalue weighted by molar-refractivity contribution is -0.117. The molecule has 1 unspecified atom stereocenters. The van der Waals surface area contributed by atoms with Crippen LogP contribution in [0, 0.1) is 0 Å². The molecule has 3 heterocycles. The number of hydrogen-bond acceptors (Lipinski definition) is 11. The van der Waals surface area contributed by atoms with E-state index in [4.69, 9.17) is 20.4 Å². The molecule has 2 aromatic heterocycles. The van der Waals surface area contributed by atoms with E-state index in [1.165, 1.54) is 23.7 Å². The predicted octanol–water partition coefficient (Wildman–Crippen LogP) is 1.64. The van der Waals surface area contributed by atoms with E-state index in [9.17, 15) is 4.79 Å². The summed E-state index contributed by atoms with van der Waals surface area (Å²) in [5.74, 6) is 0.995. The highest BCUT2D eigenvalue weighted by Gasteiger charge is 2.23. The minimum absolute atomic E-state index is 0.125. The van der Waals surface area contributed by atoms with Crippen molar-refractivity contribution in [1.82, 2.24) is 29.8 Å². The summed E-state index contributed by atoms with van der Waals surface area (Å²) in [4.78, 5) is 38.9. The van der Waals surface area contributed by atoms with Crippen LogP contribution in [0.1, 0.15) is 18.2 Å². The van der Waals surface area contributed by atoms with Crippen LogP contribution in [0.2, 0.25) is 0 Å². The molecule has 4 rings (SSSR count). The molecule has 1 atom stereocenters. The molecule has 0 bridgehead atoms. The summed E-state index contributed by atoms with van der Waals surface area (Å²) in [7, 11) is 3.70. The van der Waals surface area contributed by atoms with Crippen LogP contribution in [0.5, 0.6) is 5.88 Å². The van der Waals surface area contributed by atoms with Crippen molar-refractivity contribution in [3.05, 3.63) is 47.9 Å². The lowest BCUT2D eigenvalue weighted by atomic mass is 10.1. The topological polar surface area (TPSA) is 135 Å². The van der Waals surface area contributed by atoms with Gasteiger partial charge < -0.3 is 20.3 Å². The SMILES string of the molecule is COc1nc(N2CCN(C)CC2)c(CCc2ccccc2)nc1Sc1ncnc(NC(=O)C(C)N)n1. The third kappa shape index (κ3) is 6.65. The summed E-state index contributed by atoms with van der Waals surface area (Å²) in [5, 5.41) is 3.49. The number of aromatic nitrogens is 5. The number of nitrogens with zero attached hydrogens (tertiary/aromatic N) is 7. The Hall–Kier alpha value is -3.35. The van der Waals surface area contributed by atoms with Gasteiger partial charge in [-0.3, -0.25) is 10.1 Å². The maximum atomic E-state index is 11.9. The summed E-state index contributed by atoms with van der Waals surface area (Å²) in [6.45, 7) is 5.24. The molecule has 1 saturated heterocycles. The number of piperazine rings is 1. The average Bonchev–Trinajstić information content (AvgIpc) is 2.89. The van der Waals surface area contributed by atoms with Gasteiger partial charge in [0, 0.05) is 26.2 Å². The van der Waals surface area contributed by atoms with Gasteiger partial charge in [0.1, 0.15) is 6.33 Å². The molecule has 12 heteroatoms. The molecule has 0 saturated carbocycles. The molecule has 11 nitrogen and oxygen atoms in total. The number of rotatable bonds is 9. The maximum Gasteiger partial charge on any atom is 0.249 e. The highest BCUT2D eigenvalue weighted by atomic mass is 32.2. The molecule has 0 aliphatic carbocycles. The van der Waals surface area contributed by atoms with Gasteiger partial charge in [-0.2, -0.15) is 9.97 Å². The molecule has 190 valence electrons. The molecule has 3 aromatic rings. The van der Waals surface area contributed by atoms with Gasteiger partial charge >= 0.3 is 0 Å². The third-order valence-electron chi connectivity index (χ3n) is 5.76. The molecule has 1 aliphatic heterocycles. The fourth-order valence-corrected chi connectivity index (χ4v) is 4.45. The Labute approximate surface area is 214 Å². The number of hydrogen-bond donors (Lipinski definition) is 2. The number of methoxy groups -OCH3 is 1. The van der Waals surface area contributed by atoms with Crippen molar-refractivity contribution < 1.29 is 9.53 Å². The van der Waals surface area contributed by atoms with Crippen molar-refractivity contribution in [3.8, 4) is 5.88 Å². The van der Waals surface area contributed by atoms with E-state index in [1.54, 1.807) is 14.0 Å². The van der Waals surface area contributed by atoms with Crippen molar-refractivity contribution in [2.75, 3.05) is 50.6 Å². The number of nitrogens with one attached hydrogen (secondary N) is 1. The van der Waals surface area contributed by atoms with E-state index >= 15 is 0 Å². The Kier molecular flexibility index (Phi) is 8.62. The van der Waals surface area contributed by atoms with E-state index in [0.717, 1.165) is 50.5 Å². The second-order valence-electron chi connectivity index (χ2n) is 8.56. The van der Waals surface area contributed by atoms with Gasteiger partial charge in [0.15, 0.2) is 16.0 Å². The first kappa shape index (κ1) is 25.7. The Morgan fingerprint density at radius 2 is 1.86 bits per heavy atom. The van der Waals surface area contributed by atoms with Gasteiger partial charge in [-0.15, -0.1) is 0 Å². The zero-order chi connectivity index (χ0) is 25.5. The van der Waals surface area contributed by atoms with Gasteiger partial charge in [0.2, 0.25) is 17.7 Å². The highest BCUT2D eigenvalue weighted by molar-refractivity contribution is 7.99. The quantitative estimate of drug-likeness (QED) is 0.436. The fourth-order valence-electron chi connectivity index (χ4n) is 3.68. The summed E-state index contributed by atoms with van der Waals surface area (Å²) in [6, 6.07) is 9.65. The highest BCUT2D eigenvalue weighted by Crippen LogP contribution is 2.34. The van der Waals surface area contributed by atoms with Crippen molar-refractivity contribution in [3.63, 3.8) is 0 Å². The Morgan fingerprint density at radius 1 is 1.11 bits per heavy atom. The first-order chi connectivity index (χ1) is 17.4.